The van der Waals surface area contributed by atoms with Crippen molar-refractivity contribution in [1.82, 2.24) is 0 Å². The minimum Gasteiger partial charge on any atom is -0.369 e. The molecule has 2 nitrogen and oxygen atoms in total. The smallest absolute Gasteiger partial charge is 0.138 e. The average molecular weight is 184 g/mol. The fraction of sp³-hybridized carbons (Fsp3) is 0.909. The predicted octanol–water partition coefficient (Wildman–Crippen LogP) is 2.56. The molecule has 1 rings (SSSR count). The molecule has 0 bridgehead atoms. The van der Waals surface area contributed by atoms with Crippen LogP contribution in [-0.2, 0) is 9.53 Å². The summed E-state index contributed by atoms with van der Waals surface area (Å²) in [7, 11) is 0. The van der Waals surface area contributed by atoms with Crippen LogP contribution in [0.1, 0.15) is 47.5 Å². The van der Waals surface area contributed by atoms with E-state index in [0.717, 1.165) is 6.42 Å². The molecular formula is C11H20O2. The summed E-state index contributed by atoms with van der Waals surface area (Å²) < 4.78 is 5.85. The molecule has 76 valence electrons. The fourth-order valence-electron chi connectivity index (χ4n) is 2.31. The highest BCUT2D eigenvalue weighted by Gasteiger charge is 2.48. The van der Waals surface area contributed by atoms with Crippen LogP contribution in [0.5, 0.6) is 0 Å². The lowest BCUT2D eigenvalue weighted by Crippen LogP contribution is -2.33. The Bertz CT molecular complexity index is 216. The lowest BCUT2D eigenvalue weighted by Gasteiger charge is -2.26. The number of hydrogen-bond acceptors (Lipinski definition) is 2. The summed E-state index contributed by atoms with van der Waals surface area (Å²) in [5.74, 6) is 0.406. The number of ether oxygens (including phenoxy) is 1. The lowest BCUT2D eigenvalue weighted by atomic mass is 9.83. The summed E-state index contributed by atoms with van der Waals surface area (Å²) in [5.41, 5.74) is -0.421. The van der Waals surface area contributed by atoms with Crippen molar-refractivity contribution in [2.45, 2.75) is 58.7 Å². The average Bonchev–Trinajstić information content (AvgIpc) is 2.17. The highest BCUT2D eigenvalue weighted by atomic mass is 16.5. The summed E-state index contributed by atoms with van der Waals surface area (Å²) >= 11 is 0. The zero-order valence-electron chi connectivity index (χ0n) is 9.31. The molecule has 1 atom stereocenters. The number of carbonyl (C=O) groups is 1. The molecule has 0 aromatic rings. The van der Waals surface area contributed by atoms with E-state index in [0.29, 0.717) is 12.2 Å². The van der Waals surface area contributed by atoms with E-state index in [2.05, 4.69) is 13.8 Å². The van der Waals surface area contributed by atoms with Gasteiger partial charge >= 0.3 is 0 Å². The van der Waals surface area contributed by atoms with E-state index in [1.54, 1.807) is 0 Å². The maximum atomic E-state index is 11.6. The van der Waals surface area contributed by atoms with Gasteiger partial charge in [-0.25, -0.2) is 0 Å². The third-order valence-corrected chi connectivity index (χ3v) is 2.81. The van der Waals surface area contributed by atoms with Crippen molar-refractivity contribution in [3.63, 3.8) is 0 Å². The zero-order valence-corrected chi connectivity index (χ0v) is 9.31. The van der Waals surface area contributed by atoms with Gasteiger partial charge in [0.05, 0.1) is 11.2 Å². The standard InChI is InChI=1S/C11H20O2/c1-6-9(12)8-7-10(2,3)13-11(8,4)5/h8H,6-7H2,1-5H3. The van der Waals surface area contributed by atoms with Crippen LogP contribution in [0.15, 0.2) is 0 Å². The van der Waals surface area contributed by atoms with Crippen LogP contribution in [0.2, 0.25) is 0 Å². The molecule has 0 aromatic heterocycles. The van der Waals surface area contributed by atoms with Crippen LogP contribution in [0, 0.1) is 5.92 Å². The van der Waals surface area contributed by atoms with Crippen molar-refractivity contribution in [3.8, 4) is 0 Å². The van der Waals surface area contributed by atoms with Gasteiger partial charge in [-0.1, -0.05) is 6.92 Å². The van der Waals surface area contributed by atoms with Crippen molar-refractivity contribution in [1.29, 1.82) is 0 Å². The number of hydrogen-bond donors (Lipinski definition) is 0. The first-order valence-corrected chi connectivity index (χ1v) is 5.01. The number of carbonyl (C=O) groups excluding carboxylic acids is 1. The number of rotatable bonds is 2. The molecule has 1 unspecified atom stereocenters. The second kappa shape index (κ2) is 3.09. The molecule has 1 aliphatic heterocycles. The van der Waals surface area contributed by atoms with Crippen molar-refractivity contribution in [2.75, 3.05) is 0 Å². The van der Waals surface area contributed by atoms with Gasteiger partial charge < -0.3 is 4.74 Å². The quantitative estimate of drug-likeness (QED) is 0.659. The molecule has 0 aliphatic carbocycles. The van der Waals surface area contributed by atoms with Gasteiger partial charge in [0, 0.05) is 12.3 Å². The largest absolute Gasteiger partial charge is 0.369 e. The Hall–Kier alpha value is -0.370. The monoisotopic (exact) mass is 184 g/mol. The van der Waals surface area contributed by atoms with E-state index in [9.17, 15) is 4.79 Å². The second-order valence-electron chi connectivity index (χ2n) is 5.04. The van der Waals surface area contributed by atoms with Crippen molar-refractivity contribution >= 4 is 5.78 Å². The van der Waals surface area contributed by atoms with Gasteiger partial charge in [0.1, 0.15) is 5.78 Å². The molecule has 0 radical (unpaired) electrons. The van der Waals surface area contributed by atoms with Gasteiger partial charge in [-0.15, -0.1) is 0 Å². The highest BCUT2D eigenvalue weighted by molar-refractivity contribution is 5.82. The van der Waals surface area contributed by atoms with Gasteiger partial charge in [0.2, 0.25) is 0 Å². The van der Waals surface area contributed by atoms with Crippen LogP contribution in [0.25, 0.3) is 0 Å². The van der Waals surface area contributed by atoms with Crippen molar-refractivity contribution in [2.24, 2.45) is 5.92 Å². The van der Waals surface area contributed by atoms with E-state index in [1.807, 2.05) is 20.8 Å². The Kier molecular flexibility index (Phi) is 2.54. The molecule has 0 aromatic carbocycles. The Labute approximate surface area is 80.7 Å². The maximum Gasteiger partial charge on any atom is 0.138 e. The van der Waals surface area contributed by atoms with Crippen LogP contribution in [0.4, 0.5) is 0 Å². The van der Waals surface area contributed by atoms with Gasteiger partial charge in [0.15, 0.2) is 0 Å². The van der Waals surface area contributed by atoms with Crippen LogP contribution in [-0.4, -0.2) is 17.0 Å². The van der Waals surface area contributed by atoms with Crippen LogP contribution in [0.3, 0.4) is 0 Å². The third kappa shape index (κ3) is 2.11. The minimum atomic E-state index is -0.281. The predicted molar refractivity (Wildman–Crippen MR) is 52.6 cm³/mol. The molecular weight excluding hydrogens is 164 g/mol. The first kappa shape index (κ1) is 10.7. The summed E-state index contributed by atoms with van der Waals surface area (Å²) in [6.07, 6.45) is 1.47. The molecule has 1 aliphatic rings. The van der Waals surface area contributed by atoms with Crippen LogP contribution < -0.4 is 0 Å². The Balaban J connectivity index is 2.82. The van der Waals surface area contributed by atoms with E-state index in [1.165, 1.54) is 0 Å². The molecule has 0 saturated carbocycles. The lowest BCUT2D eigenvalue weighted by molar-refractivity contribution is -0.129. The minimum absolute atomic E-state index is 0.0764. The SMILES string of the molecule is CCC(=O)C1CC(C)(C)OC1(C)C. The zero-order chi connectivity index (χ0) is 10.3. The molecule has 0 amide bonds. The Morgan fingerprint density at radius 2 is 1.92 bits per heavy atom. The first-order chi connectivity index (χ1) is 5.78. The summed E-state index contributed by atoms with van der Waals surface area (Å²) in [5, 5.41) is 0. The van der Waals surface area contributed by atoms with E-state index >= 15 is 0 Å². The first-order valence-electron chi connectivity index (χ1n) is 5.01. The normalized spacial score (nSPS) is 30.4. The Morgan fingerprint density at radius 3 is 2.23 bits per heavy atom. The maximum absolute atomic E-state index is 11.6. The molecule has 1 heterocycles. The summed E-state index contributed by atoms with van der Waals surface area (Å²) in [4.78, 5) is 11.6. The summed E-state index contributed by atoms with van der Waals surface area (Å²) in [6, 6.07) is 0. The molecule has 0 N–H and O–H groups in total. The number of ketones is 1. The van der Waals surface area contributed by atoms with E-state index < -0.39 is 0 Å². The molecule has 1 saturated heterocycles. The molecule has 13 heavy (non-hydrogen) atoms. The van der Waals surface area contributed by atoms with Gasteiger partial charge in [-0.2, -0.15) is 0 Å². The molecule has 0 spiro atoms. The van der Waals surface area contributed by atoms with Gasteiger partial charge in [0.25, 0.3) is 0 Å². The van der Waals surface area contributed by atoms with Crippen molar-refractivity contribution in [3.05, 3.63) is 0 Å². The van der Waals surface area contributed by atoms with Gasteiger partial charge in [-0.05, 0) is 34.1 Å². The number of Topliss-reactive ketones (excluding diaryl/α,β-unsaturated/α-hetero) is 1. The second-order valence-corrected chi connectivity index (χ2v) is 5.04. The highest BCUT2D eigenvalue weighted by Crippen LogP contribution is 2.42. The summed E-state index contributed by atoms with van der Waals surface area (Å²) in [6.45, 7) is 10.1. The topological polar surface area (TPSA) is 26.3 Å². The Morgan fingerprint density at radius 1 is 1.38 bits per heavy atom. The van der Waals surface area contributed by atoms with Crippen molar-refractivity contribution < 1.29 is 9.53 Å². The van der Waals surface area contributed by atoms with E-state index in [4.69, 9.17) is 4.74 Å². The fourth-order valence-corrected chi connectivity index (χ4v) is 2.31. The van der Waals surface area contributed by atoms with Crippen LogP contribution >= 0.6 is 0 Å². The van der Waals surface area contributed by atoms with E-state index in [-0.39, 0.29) is 17.1 Å². The van der Waals surface area contributed by atoms with Gasteiger partial charge in [-0.3, -0.25) is 4.79 Å². The molecule has 1 fully saturated rings. The third-order valence-electron chi connectivity index (χ3n) is 2.81. The molecule has 2 heteroatoms.